The van der Waals surface area contributed by atoms with Crippen molar-refractivity contribution in [1.82, 2.24) is 15.4 Å². The number of carboxylic acids is 1. The third-order valence-corrected chi connectivity index (χ3v) is 7.92. The minimum atomic E-state index is -1.23. The molecule has 38 heavy (non-hydrogen) atoms. The van der Waals surface area contributed by atoms with Gasteiger partial charge in [0.2, 0.25) is 5.88 Å². The van der Waals surface area contributed by atoms with Crippen LogP contribution in [0.15, 0.2) is 56.9 Å². The van der Waals surface area contributed by atoms with Gasteiger partial charge < -0.3 is 31.3 Å². The standard InChI is InChI=1S/C22H19N7O7S2/c23-14(30)8-35-27-16(12-5-15(24)36-26-12)19(31)25-17-20(32)29-18(22(33)34)11(9-38-21(17)29)6-28-3-1-10-2-4-37-13(10)7-28/h1-5,7,17,21H,6,8-9H2,(H5-,23,24,25,26,30,31,33,34)/p+1/t17?,21-/m1/s1. The molecule has 1 saturated heterocycles. The van der Waals surface area contributed by atoms with Gasteiger partial charge in [-0.3, -0.25) is 19.3 Å². The minimum absolute atomic E-state index is 0.0995. The molecule has 0 radical (unpaired) electrons. The van der Waals surface area contributed by atoms with E-state index in [-0.39, 0.29) is 23.8 Å². The Morgan fingerprint density at radius 1 is 1.37 bits per heavy atom. The number of primary amides is 1. The van der Waals surface area contributed by atoms with Crippen molar-refractivity contribution in [3.05, 3.63) is 52.9 Å². The zero-order valence-corrected chi connectivity index (χ0v) is 21.0. The number of hydrogen-bond acceptors (Lipinski definition) is 11. The molecule has 2 aliphatic rings. The predicted octanol–water partition coefficient (Wildman–Crippen LogP) is -0.596. The van der Waals surface area contributed by atoms with Crippen LogP contribution in [0.5, 0.6) is 0 Å². The van der Waals surface area contributed by atoms with Gasteiger partial charge in [0.15, 0.2) is 31.3 Å². The number of thiophene rings is 1. The number of carbonyl (C=O) groups excluding carboxylic acids is 3. The van der Waals surface area contributed by atoms with E-state index in [4.69, 9.17) is 20.8 Å². The molecule has 0 bridgehead atoms. The average Bonchev–Trinajstić information content (AvgIpc) is 3.52. The molecule has 14 nitrogen and oxygen atoms in total. The number of nitrogens with two attached hydrogens (primary N) is 2. The van der Waals surface area contributed by atoms with Crippen molar-refractivity contribution in [3.8, 4) is 0 Å². The Bertz CT molecular complexity index is 1530. The van der Waals surface area contributed by atoms with E-state index < -0.39 is 47.4 Å². The van der Waals surface area contributed by atoms with Crippen LogP contribution in [0, 0.1) is 0 Å². The quantitative estimate of drug-likeness (QED) is 0.113. The maximum absolute atomic E-state index is 13.1. The van der Waals surface area contributed by atoms with E-state index in [1.54, 1.807) is 11.3 Å². The number of thioether (sulfide) groups is 1. The third kappa shape index (κ3) is 4.78. The second kappa shape index (κ2) is 10.1. The molecule has 3 aromatic rings. The summed E-state index contributed by atoms with van der Waals surface area (Å²) in [6.07, 6.45) is 3.79. The summed E-state index contributed by atoms with van der Waals surface area (Å²) < 4.78 is 7.69. The fourth-order valence-electron chi connectivity index (χ4n) is 4.04. The zero-order chi connectivity index (χ0) is 27.0. The van der Waals surface area contributed by atoms with E-state index >= 15 is 0 Å². The van der Waals surface area contributed by atoms with Gasteiger partial charge in [0.25, 0.3) is 17.7 Å². The lowest BCUT2D eigenvalue weighted by Crippen LogP contribution is -2.71. The van der Waals surface area contributed by atoms with Crippen LogP contribution in [0.1, 0.15) is 5.69 Å². The molecule has 5 rings (SSSR count). The smallest absolute Gasteiger partial charge is 0.352 e. The molecular formula is C22H20N7O7S2+. The summed E-state index contributed by atoms with van der Waals surface area (Å²) in [6.45, 7) is -0.316. The van der Waals surface area contributed by atoms with Gasteiger partial charge >= 0.3 is 5.97 Å². The maximum atomic E-state index is 13.1. The van der Waals surface area contributed by atoms with Gasteiger partial charge in [-0.2, -0.15) is 4.57 Å². The fourth-order valence-corrected chi connectivity index (χ4v) is 6.21. The van der Waals surface area contributed by atoms with Crippen LogP contribution < -0.4 is 21.4 Å². The Balaban J connectivity index is 1.34. The maximum Gasteiger partial charge on any atom is 0.352 e. The fraction of sp³-hybridized carbons (Fsp3) is 0.227. The Hall–Kier alpha value is -4.44. The van der Waals surface area contributed by atoms with E-state index in [0.717, 1.165) is 10.1 Å². The van der Waals surface area contributed by atoms with Crippen molar-refractivity contribution < 1.29 is 38.2 Å². The molecular weight excluding hydrogens is 538 g/mol. The number of rotatable bonds is 9. The van der Waals surface area contributed by atoms with Crippen LogP contribution in [0.2, 0.25) is 0 Å². The SMILES string of the molecule is NC(=O)CON=C(C(=O)NC1C(=O)N2C(C(=O)O)=C(C[n+]3ccc4ccsc4c3)CS[C@H]12)c1cc(N)on1. The first kappa shape index (κ1) is 25.2. The van der Waals surface area contributed by atoms with Gasteiger partial charge in [0, 0.05) is 28.8 Å². The molecule has 1 fully saturated rings. The highest BCUT2D eigenvalue weighted by Crippen LogP contribution is 2.40. The molecule has 0 saturated carbocycles. The van der Waals surface area contributed by atoms with Gasteiger partial charge in [-0.25, -0.2) is 4.79 Å². The number of nitrogen functional groups attached to an aromatic ring is 1. The molecule has 2 aliphatic heterocycles. The van der Waals surface area contributed by atoms with Crippen molar-refractivity contribution in [2.24, 2.45) is 10.9 Å². The van der Waals surface area contributed by atoms with E-state index in [2.05, 4.69) is 15.6 Å². The van der Waals surface area contributed by atoms with Crippen LogP contribution >= 0.6 is 23.1 Å². The molecule has 3 aromatic heterocycles. The number of nitrogens with one attached hydrogen (secondary N) is 1. The lowest BCUT2D eigenvalue weighted by atomic mass is 10.0. The van der Waals surface area contributed by atoms with Gasteiger partial charge in [-0.05, 0) is 11.4 Å². The third-order valence-electron chi connectivity index (χ3n) is 5.71. The summed E-state index contributed by atoms with van der Waals surface area (Å²) >= 11 is 2.90. The van der Waals surface area contributed by atoms with Crippen molar-refractivity contribution in [2.45, 2.75) is 18.0 Å². The van der Waals surface area contributed by atoms with Crippen LogP contribution in [-0.4, -0.2) is 68.3 Å². The first-order chi connectivity index (χ1) is 18.2. The number of β-lactam (4-membered cyclic amide) rings is 1. The molecule has 3 amide bonds. The molecule has 0 aliphatic carbocycles. The van der Waals surface area contributed by atoms with Gasteiger partial charge in [0.1, 0.15) is 22.8 Å². The molecule has 0 spiro atoms. The van der Waals surface area contributed by atoms with Gasteiger partial charge in [0.05, 0.1) is 4.70 Å². The van der Waals surface area contributed by atoms with Crippen molar-refractivity contribution in [3.63, 3.8) is 0 Å². The first-order valence-corrected chi connectivity index (χ1v) is 12.9. The van der Waals surface area contributed by atoms with Crippen molar-refractivity contribution >= 4 is 68.5 Å². The first-order valence-electron chi connectivity index (χ1n) is 11.0. The number of nitrogens with zero attached hydrogens (tertiary/aromatic N) is 4. The number of pyridine rings is 1. The highest BCUT2D eigenvalue weighted by atomic mass is 32.2. The summed E-state index contributed by atoms with van der Waals surface area (Å²) in [5.74, 6) is -3.30. The number of fused-ring (bicyclic) bond motifs is 2. The van der Waals surface area contributed by atoms with Gasteiger partial charge in [-0.1, -0.05) is 10.3 Å². The van der Waals surface area contributed by atoms with Crippen LogP contribution in [-0.2, 0) is 30.6 Å². The monoisotopic (exact) mass is 558 g/mol. The molecule has 5 heterocycles. The predicted molar refractivity (Wildman–Crippen MR) is 134 cm³/mol. The summed E-state index contributed by atoms with van der Waals surface area (Å²) in [5.41, 5.74) is 10.5. The second-order valence-electron chi connectivity index (χ2n) is 8.27. The zero-order valence-electron chi connectivity index (χ0n) is 19.4. The molecule has 16 heteroatoms. The molecule has 0 aromatic carbocycles. The Morgan fingerprint density at radius 2 is 2.18 bits per heavy atom. The number of aromatic nitrogens is 2. The van der Waals surface area contributed by atoms with Crippen LogP contribution in [0.25, 0.3) is 10.1 Å². The summed E-state index contributed by atoms with van der Waals surface area (Å²) in [5, 5.41) is 22.1. The number of aliphatic carboxylic acids is 1. The summed E-state index contributed by atoms with van der Waals surface area (Å²) in [7, 11) is 0. The molecule has 2 atom stereocenters. The largest absolute Gasteiger partial charge is 0.477 e. The average molecular weight is 559 g/mol. The Kier molecular flexibility index (Phi) is 6.73. The highest BCUT2D eigenvalue weighted by Gasteiger charge is 2.54. The molecule has 196 valence electrons. The van der Waals surface area contributed by atoms with E-state index in [1.165, 1.54) is 22.7 Å². The van der Waals surface area contributed by atoms with E-state index in [0.29, 0.717) is 11.3 Å². The number of hydrogen-bond donors (Lipinski definition) is 4. The van der Waals surface area contributed by atoms with Crippen molar-refractivity contribution in [1.29, 1.82) is 0 Å². The van der Waals surface area contributed by atoms with Crippen molar-refractivity contribution in [2.75, 3.05) is 18.1 Å². The Labute approximate surface area is 221 Å². The van der Waals surface area contributed by atoms with Crippen LogP contribution in [0.4, 0.5) is 5.88 Å². The Morgan fingerprint density at radius 3 is 2.89 bits per heavy atom. The number of carboxylic acid groups (broad SMARTS) is 1. The summed E-state index contributed by atoms with van der Waals surface area (Å²) in [4.78, 5) is 55.2. The van der Waals surface area contributed by atoms with Gasteiger partial charge in [-0.15, -0.1) is 23.1 Å². The highest BCUT2D eigenvalue weighted by molar-refractivity contribution is 8.00. The molecule has 1 unspecified atom stereocenters. The topological polar surface area (TPSA) is 207 Å². The number of anilines is 1. The normalized spacial score (nSPS) is 19.2. The summed E-state index contributed by atoms with van der Waals surface area (Å²) in [6, 6.07) is 4.11. The minimum Gasteiger partial charge on any atom is -0.477 e. The van der Waals surface area contributed by atoms with E-state index in [1.807, 2.05) is 34.5 Å². The lowest BCUT2D eigenvalue weighted by molar-refractivity contribution is -0.687. The lowest BCUT2D eigenvalue weighted by Gasteiger charge is -2.49. The van der Waals surface area contributed by atoms with E-state index in [9.17, 15) is 24.3 Å². The molecule has 6 N–H and O–H groups in total. The second-order valence-corrected chi connectivity index (χ2v) is 10.3. The number of carbonyl (C=O) groups is 4. The van der Waals surface area contributed by atoms with Crippen LogP contribution in [0.3, 0.4) is 0 Å². The number of amides is 3. The number of oxime groups is 1.